The molecule has 0 N–H and O–H groups in total. The van der Waals surface area contributed by atoms with Crippen molar-refractivity contribution in [2.45, 2.75) is 76.2 Å². The molecule has 0 aliphatic heterocycles. The van der Waals surface area contributed by atoms with Crippen LogP contribution in [0.4, 0.5) is 0 Å². The second-order valence-corrected chi connectivity index (χ2v) is 10.1. The Bertz CT molecular complexity index is 1060. The molecule has 0 atom stereocenters. The second-order valence-electron chi connectivity index (χ2n) is 8.97. The van der Waals surface area contributed by atoms with E-state index < -0.39 is 0 Å². The molecule has 3 rings (SSSR count). The number of methoxy groups -OCH3 is 1. The van der Waals surface area contributed by atoms with Gasteiger partial charge in [0.25, 0.3) is 0 Å². The molecule has 0 bridgehead atoms. The molecule has 0 amide bonds. The van der Waals surface area contributed by atoms with Gasteiger partial charge in [-0.25, -0.2) is 4.98 Å². The monoisotopic (exact) mass is 486 g/mol. The van der Waals surface area contributed by atoms with Crippen molar-refractivity contribution < 1.29 is 4.74 Å². The van der Waals surface area contributed by atoms with E-state index in [1.807, 2.05) is 48.5 Å². The summed E-state index contributed by atoms with van der Waals surface area (Å²) in [6.45, 7) is 2.27. The smallest absolute Gasteiger partial charge is 0.118 e. The molecule has 4 heteroatoms. The molecule has 0 aliphatic rings. The van der Waals surface area contributed by atoms with Crippen LogP contribution in [-0.4, -0.2) is 17.8 Å². The van der Waals surface area contributed by atoms with E-state index in [1.165, 1.54) is 57.8 Å². The summed E-state index contributed by atoms with van der Waals surface area (Å²) in [6.07, 6.45) is 13.2. The van der Waals surface area contributed by atoms with E-state index in [2.05, 4.69) is 25.1 Å². The Hall–Kier alpha value is -2.77. The van der Waals surface area contributed by atoms with Crippen LogP contribution in [-0.2, 0) is 0 Å². The van der Waals surface area contributed by atoms with Gasteiger partial charge in [-0.1, -0.05) is 95.0 Å². The molecular weight excluding hydrogens is 448 g/mol. The van der Waals surface area contributed by atoms with E-state index in [0.717, 1.165) is 45.3 Å². The summed E-state index contributed by atoms with van der Waals surface area (Å²) in [4.78, 5) is 4.94. The van der Waals surface area contributed by atoms with Crippen LogP contribution in [0.2, 0.25) is 0 Å². The van der Waals surface area contributed by atoms with Gasteiger partial charge in [-0.2, -0.15) is 5.26 Å². The van der Waals surface area contributed by atoms with Crippen molar-refractivity contribution in [2.75, 3.05) is 12.9 Å². The second kappa shape index (κ2) is 15.3. The number of nitriles is 1. The highest BCUT2D eigenvalue weighted by Crippen LogP contribution is 2.35. The van der Waals surface area contributed by atoms with E-state index in [1.54, 1.807) is 18.9 Å². The van der Waals surface area contributed by atoms with E-state index in [0.29, 0.717) is 5.56 Å². The molecule has 0 unspecified atom stereocenters. The maximum Gasteiger partial charge on any atom is 0.118 e. The minimum Gasteiger partial charge on any atom is -0.497 e. The number of aromatic nitrogens is 1. The molecule has 0 radical (unpaired) electrons. The van der Waals surface area contributed by atoms with Crippen LogP contribution in [0.15, 0.2) is 65.7 Å². The minimum atomic E-state index is 0.672. The number of ether oxygens (including phenoxy) is 1. The van der Waals surface area contributed by atoms with Crippen molar-refractivity contribution in [1.29, 1.82) is 5.26 Å². The van der Waals surface area contributed by atoms with Gasteiger partial charge in [-0.05, 0) is 48.1 Å². The Labute approximate surface area is 216 Å². The van der Waals surface area contributed by atoms with Gasteiger partial charge in [0, 0.05) is 11.1 Å². The highest BCUT2D eigenvalue weighted by Gasteiger charge is 2.16. The van der Waals surface area contributed by atoms with Crippen molar-refractivity contribution in [2.24, 2.45) is 0 Å². The summed E-state index contributed by atoms with van der Waals surface area (Å²) in [5.74, 6) is 1.81. The van der Waals surface area contributed by atoms with E-state index in [-0.39, 0.29) is 0 Å². The summed E-state index contributed by atoms with van der Waals surface area (Å²) in [6, 6.07) is 22.6. The maximum atomic E-state index is 10.0. The normalized spacial score (nSPS) is 10.8. The first-order valence-corrected chi connectivity index (χ1v) is 14.0. The summed E-state index contributed by atoms with van der Waals surface area (Å²) >= 11 is 1.72. The highest BCUT2D eigenvalue weighted by atomic mass is 32.2. The van der Waals surface area contributed by atoms with E-state index in [4.69, 9.17) is 9.72 Å². The van der Waals surface area contributed by atoms with Gasteiger partial charge in [-0.15, -0.1) is 11.8 Å². The molecule has 0 fully saturated rings. The molecule has 0 spiro atoms. The molecule has 3 aromatic rings. The van der Waals surface area contributed by atoms with Crippen LogP contribution in [0.25, 0.3) is 22.4 Å². The summed E-state index contributed by atoms with van der Waals surface area (Å²) in [7, 11) is 1.67. The lowest BCUT2D eigenvalue weighted by Gasteiger charge is -2.13. The number of hydrogen-bond donors (Lipinski definition) is 0. The first kappa shape index (κ1) is 26.8. The third kappa shape index (κ3) is 8.44. The molecule has 184 valence electrons. The first-order valence-electron chi connectivity index (χ1n) is 13.0. The Balaban J connectivity index is 1.66. The fourth-order valence-electron chi connectivity index (χ4n) is 4.25. The predicted octanol–water partition coefficient (Wildman–Crippen LogP) is 9.31. The average Bonchev–Trinajstić information content (AvgIpc) is 2.91. The Kier molecular flexibility index (Phi) is 11.7. The van der Waals surface area contributed by atoms with Crippen LogP contribution >= 0.6 is 11.8 Å². The number of rotatable bonds is 15. The number of hydrogen-bond acceptors (Lipinski definition) is 4. The minimum absolute atomic E-state index is 0.672. The standard InChI is InChI=1S/C31H38N2OS/c1-3-4-5-6-7-8-9-10-11-15-22-35-31-29(24-32)28(25-16-13-12-14-17-25)23-30(33-31)26-18-20-27(34-2)21-19-26/h12-14,16-21,23H,3-11,15,22H2,1-2H3. The Morgan fingerprint density at radius 2 is 1.43 bits per heavy atom. The topological polar surface area (TPSA) is 45.9 Å². The van der Waals surface area contributed by atoms with Crippen LogP contribution in [0, 0.1) is 11.3 Å². The average molecular weight is 487 g/mol. The van der Waals surface area contributed by atoms with Crippen molar-refractivity contribution in [1.82, 2.24) is 4.98 Å². The molecule has 35 heavy (non-hydrogen) atoms. The van der Waals surface area contributed by atoms with Crippen LogP contribution in [0.3, 0.4) is 0 Å². The zero-order chi connectivity index (χ0) is 24.7. The summed E-state index contributed by atoms with van der Waals surface area (Å²) in [5, 5.41) is 10.9. The zero-order valence-corrected chi connectivity index (χ0v) is 22.1. The molecule has 3 nitrogen and oxygen atoms in total. The number of pyridine rings is 1. The molecular formula is C31H38N2OS. The van der Waals surface area contributed by atoms with Crippen molar-refractivity contribution in [3.63, 3.8) is 0 Å². The molecule has 0 aliphatic carbocycles. The largest absolute Gasteiger partial charge is 0.497 e. The van der Waals surface area contributed by atoms with Crippen molar-refractivity contribution in [3.8, 4) is 34.2 Å². The van der Waals surface area contributed by atoms with E-state index >= 15 is 0 Å². The third-order valence-electron chi connectivity index (χ3n) is 6.31. The Morgan fingerprint density at radius 3 is 2.03 bits per heavy atom. The lowest BCUT2D eigenvalue weighted by atomic mass is 9.99. The van der Waals surface area contributed by atoms with Gasteiger partial charge < -0.3 is 4.74 Å². The Morgan fingerprint density at radius 1 is 0.800 bits per heavy atom. The quantitative estimate of drug-likeness (QED) is 0.159. The SMILES string of the molecule is CCCCCCCCCCCCSc1nc(-c2ccc(OC)cc2)cc(-c2ccccc2)c1C#N. The molecule has 0 saturated carbocycles. The van der Waals surface area contributed by atoms with Gasteiger partial charge in [0.2, 0.25) is 0 Å². The lowest BCUT2D eigenvalue weighted by molar-refractivity contribution is 0.415. The van der Waals surface area contributed by atoms with Gasteiger partial charge in [0.15, 0.2) is 0 Å². The van der Waals surface area contributed by atoms with Gasteiger partial charge >= 0.3 is 0 Å². The van der Waals surface area contributed by atoms with Gasteiger partial charge in [0.1, 0.15) is 16.8 Å². The zero-order valence-electron chi connectivity index (χ0n) is 21.3. The molecule has 1 aromatic heterocycles. The molecule has 0 saturated heterocycles. The van der Waals surface area contributed by atoms with Gasteiger partial charge in [0.05, 0.1) is 18.4 Å². The molecule has 2 aromatic carbocycles. The maximum absolute atomic E-state index is 10.0. The van der Waals surface area contributed by atoms with Crippen molar-refractivity contribution >= 4 is 11.8 Å². The summed E-state index contributed by atoms with van der Waals surface area (Å²) in [5.41, 5.74) is 4.57. The third-order valence-corrected chi connectivity index (χ3v) is 7.37. The highest BCUT2D eigenvalue weighted by molar-refractivity contribution is 7.99. The predicted molar refractivity (Wildman–Crippen MR) is 149 cm³/mol. The van der Waals surface area contributed by atoms with Crippen molar-refractivity contribution in [3.05, 3.63) is 66.2 Å². The van der Waals surface area contributed by atoms with E-state index in [9.17, 15) is 5.26 Å². The molecule has 1 heterocycles. The van der Waals surface area contributed by atoms with Crippen LogP contribution in [0.5, 0.6) is 5.75 Å². The summed E-state index contributed by atoms with van der Waals surface area (Å²) < 4.78 is 5.31. The first-order chi connectivity index (χ1) is 17.3. The van der Waals surface area contributed by atoms with Crippen LogP contribution < -0.4 is 4.74 Å². The van der Waals surface area contributed by atoms with Crippen LogP contribution in [0.1, 0.15) is 76.7 Å². The number of thioether (sulfide) groups is 1. The lowest BCUT2D eigenvalue weighted by Crippen LogP contribution is -1.97. The number of unbranched alkanes of at least 4 members (excludes halogenated alkanes) is 9. The van der Waals surface area contributed by atoms with Gasteiger partial charge in [-0.3, -0.25) is 0 Å². The number of benzene rings is 2. The number of nitrogens with zero attached hydrogens (tertiary/aromatic N) is 2. The fourth-order valence-corrected chi connectivity index (χ4v) is 5.25. The fraction of sp³-hybridized carbons (Fsp3) is 0.419.